The number of carbonyl (C=O) groups is 1. The summed E-state index contributed by atoms with van der Waals surface area (Å²) in [6.07, 6.45) is -1.91. The molecule has 0 bridgehead atoms. The molecule has 0 saturated heterocycles. The van der Waals surface area contributed by atoms with E-state index in [0.29, 0.717) is 0 Å². The molecule has 14 heavy (non-hydrogen) atoms. The number of primary amides is 1. The molecule has 0 aliphatic heterocycles. The van der Waals surface area contributed by atoms with Crippen molar-refractivity contribution < 1.29 is 13.6 Å². The molecular weight excluding hydrogens is 262 g/mol. The molecule has 4 nitrogen and oxygen atoms in total. The summed E-state index contributed by atoms with van der Waals surface area (Å²) in [6.45, 7) is 0. The fourth-order valence-corrected chi connectivity index (χ4v) is 1.25. The molecule has 1 rings (SSSR count). The lowest BCUT2D eigenvalue weighted by atomic mass is 10.2. The van der Waals surface area contributed by atoms with Crippen LogP contribution in [0.1, 0.15) is 22.5 Å². The van der Waals surface area contributed by atoms with E-state index in [9.17, 15) is 18.4 Å². The van der Waals surface area contributed by atoms with Crippen molar-refractivity contribution in [3.8, 4) is 0 Å². The molecular formula is C7H5BrF2N2O2. The Labute approximate surface area is 85.2 Å². The average Bonchev–Trinajstić information content (AvgIpc) is 2.08. The van der Waals surface area contributed by atoms with Gasteiger partial charge in [0.2, 0.25) is 5.43 Å². The third-order valence-corrected chi connectivity index (χ3v) is 2.12. The van der Waals surface area contributed by atoms with Gasteiger partial charge in [0.25, 0.3) is 12.3 Å². The van der Waals surface area contributed by atoms with Gasteiger partial charge in [-0.25, -0.2) is 8.78 Å². The predicted molar refractivity (Wildman–Crippen MR) is 48.2 cm³/mol. The van der Waals surface area contributed by atoms with E-state index in [4.69, 9.17) is 5.73 Å². The first-order valence-electron chi connectivity index (χ1n) is 3.44. The number of nitrogens with two attached hydrogens (primary N) is 1. The van der Waals surface area contributed by atoms with Gasteiger partial charge in [-0.2, -0.15) is 0 Å². The molecule has 0 fully saturated rings. The highest BCUT2D eigenvalue weighted by Gasteiger charge is 2.21. The Hall–Kier alpha value is -1.24. The van der Waals surface area contributed by atoms with Crippen molar-refractivity contribution >= 4 is 21.8 Å². The lowest BCUT2D eigenvalue weighted by Gasteiger charge is -2.04. The molecule has 0 spiro atoms. The molecule has 0 aliphatic carbocycles. The number of hydrogen-bond donors (Lipinski definition) is 2. The van der Waals surface area contributed by atoms with E-state index in [-0.39, 0.29) is 4.47 Å². The quantitative estimate of drug-likeness (QED) is 0.843. The van der Waals surface area contributed by atoms with Gasteiger partial charge in [-0.05, 0) is 15.9 Å². The minimum absolute atomic E-state index is 0.0179. The summed E-state index contributed by atoms with van der Waals surface area (Å²) in [5.74, 6) is -1.18. The minimum Gasteiger partial charge on any atom is -0.365 e. The van der Waals surface area contributed by atoms with Crippen molar-refractivity contribution in [2.24, 2.45) is 5.73 Å². The Kier molecular flexibility index (Phi) is 3.00. The van der Waals surface area contributed by atoms with Crippen LogP contribution in [-0.4, -0.2) is 10.9 Å². The van der Waals surface area contributed by atoms with Crippen molar-refractivity contribution in [3.63, 3.8) is 0 Å². The van der Waals surface area contributed by atoms with Crippen molar-refractivity contribution in [1.29, 1.82) is 0 Å². The molecule has 1 aromatic rings. The fourth-order valence-electron chi connectivity index (χ4n) is 0.937. The van der Waals surface area contributed by atoms with Gasteiger partial charge in [-0.3, -0.25) is 9.59 Å². The molecule has 0 aromatic carbocycles. The van der Waals surface area contributed by atoms with Crippen LogP contribution in [0, 0.1) is 0 Å². The molecule has 0 saturated carbocycles. The Balaban J connectivity index is 3.54. The monoisotopic (exact) mass is 266 g/mol. The number of pyridine rings is 1. The zero-order chi connectivity index (χ0) is 10.9. The summed E-state index contributed by atoms with van der Waals surface area (Å²) in [6, 6.07) is 0. The third-order valence-electron chi connectivity index (χ3n) is 1.53. The number of amides is 1. The highest BCUT2D eigenvalue weighted by atomic mass is 79.9. The summed E-state index contributed by atoms with van der Waals surface area (Å²) in [4.78, 5) is 24.1. The first-order chi connectivity index (χ1) is 6.45. The molecule has 0 radical (unpaired) electrons. The van der Waals surface area contributed by atoms with Gasteiger partial charge in [-0.1, -0.05) is 0 Å². The maximum absolute atomic E-state index is 12.3. The number of rotatable bonds is 2. The topological polar surface area (TPSA) is 76.0 Å². The summed E-state index contributed by atoms with van der Waals surface area (Å²) in [7, 11) is 0. The van der Waals surface area contributed by atoms with Crippen molar-refractivity contribution in [2.75, 3.05) is 0 Å². The number of aromatic amines is 1. The molecule has 1 amide bonds. The minimum atomic E-state index is -2.95. The summed E-state index contributed by atoms with van der Waals surface area (Å²) < 4.78 is 24.6. The number of H-pyrrole nitrogens is 1. The van der Waals surface area contributed by atoms with Crippen LogP contribution in [0.3, 0.4) is 0 Å². The Morgan fingerprint density at radius 3 is 2.57 bits per heavy atom. The van der Waals surface area contributed by atoms with Gasteiger partial charge in [-0.15, -0.1) is 0 Å². The normalized spacial score (nSPS) is 10.6. The number of nitrogens with one attached hydrogen (secondary N) is 1. The second-order valence-corrected chi connectivity index (χ2v) is 3.27. The van der Waals surface area contributed by atoms with E-state index in [0.717, 1.165) is 6.20 Å². The molecule has 0 aliphatic rings. The van der Waals surface area contributed by atoms with Gasteiger partial charge in [0, 0.05) is 6.20 Å². The Morgan fingerprint density at radius 2 is 2.14 bits per heavy atom. The first kappa shape index (κ1) is 10.8. The van der Waals surface area contributed by atoms with Gasteiger partial charge < -0.3 is 10.7 Å². The molecule has 76 valence electrons. The zero-order valence-electron chi connectivity index (χ0n) is 6.68. The molecule has 1 aromatic heterocycles. The number of carbonyl (C=O) groups excluding carboxylic acids is 1. The van der Waals surface area contributed by atoms with Crippen molar-refractivity contribution in [1.82, 2.24) is 4.98 Å². The van der Waals surface area contributed by atoms with Crippen LogP contribution < -0.4 is 11.2 Å². The highest BCUT2D eigenvalue weighted by molar-refractivity contribution is 9.10. The molecule has 1 heterocycles. The van der Waals surface area contributed by atoms with Crippen LogP contribution in [0.25, 0.3) is 0 Å². The van der Waals surface area contributed by atoms with Crippen LogP contribution in [-0.2, 0) is 0 Å². The fraction of sp³-hybridized carbons (Fsp3) is 0.143. The van der Waals surface area contributed by atoms with E-state index in [1.54, 1.807) is 0 Å². The van der Waals surface area contributed by atoms with E-state index in [1.165, 1.54) is 0 Å². The third kappa shape index (κ3) is 1.82. The van der Waals surface area contributed by atoms with Crippen LogP contribution in [0.4, 0.5) is 8.78 Å². The maximum Gasteiger partial charge on any atom is 0.279 e. The molecule has 3 N–H and O–H groups in total. The van der Waals surface area contributed by atoms with E-state index >= 15 is 0 Å². The predicted octanol–water partition coefficient (Wildman–Crippen LogP) is 1.17. The maximum atomic E-state index is 12.3. The SMILES string of the molecule is NC(=O)c1c(C(F)F)[nH]cc(Br)c1=O. The first-order valence-corrected chi connectivity index (χ1v) is 4.23. The lowest BCUT2D eigenvalue weighted by Crippen LogP contribution is -2.25. The Bertz CT molecular complexity index is 430. The summed E-state index contributed by atoms with van der Waals surface area (Å²) in [5, 5.41) is 0. The molecule has 0 atom stereocenters. The van der Waals surface area contributed by atoms with Crippen molar-refractivity contribution in [3.05, 3.63) is 32.2 Å². The van der Waals surface area contributed by atoms with Gasteiger partial charge in [0.15, 0.2) is 0 Å². The van der Waals surface area contributed by atoms with Crippen molar-refractivity contribution in [2.45, 2.75) is 6.43 Å². The van der Waals surface area contributed by atoms with E-state index in [1.807, 2.05) is 0 Å². The zero-order valence-corrected chi connectivity index (χ0v) is 8.27. The van der Waals surface area contributed by atoms with Gasteiger partial charge in [0.1, 0.15) is 5.56 Å². The van der Waals surface area contributed by atoms with E-state index < -0.39 is 29.0 Å². The highest BCUT2D eigenvalue weighted by Crippen LogP contribution is 2.19. The lowest BCUT2D eigenvalue weighted by molar-refractivity contribution is 0.0981. The average molecular weight is 267 g/mol. The number of aromatic nitrogens is 1. The number of halogens is 3. The van der Waals surface area contributed by atoms with Gasteiger partial charge in [0.05, 0.1) is 10.2 Å². The van der Waals surface area contributed by atoms with Crippen LogP contribution >= 0.6 is 15.9 Å². The summed E-state index contributed by atoms with van der Waals surface area (Å²) in [5.41, 5.74) is 2.50. The molecule has 7 heteroatoms. The Morgan fingerprint density at radius 1 is 1.57 bits per heavy atom. The number of alkyl halides is 2. The largest absolute Gasteiger partial charge is 0.365 e. The van der Waals surface area contributed by atoms with Gasteiger partial charge >= 0.3 is 0 Å². The second kappa shape index (κ2) is 3.87. The smallest absolute Gasteiger partial charge is 0.279 e. The second-order valence-electron chi connectivity index (χ2n) is 2.42. The standard InChI is InChI=1S/C7H5BrF2N2O2/c8-2-1-12-4(6(9)10)3(5(2)13)7(11)14/h1,6H,(H2,11,14)(H,12,13). The molecule has 0 unspecified atom stereocenters. The van der Waals surface area contributed by atoms with Crippen LogP contribution in [0.5, 0.6) is 0 Å². The van der Waals surface area contributed by atoms with Crippen LogP contribution in [0.15, 0.2) is 15.5 Å². The van der Waals surface area contributed by atoms with E-state index in [2.05, 4.69) is 20.9 Å². The van der Waals surface area contributed by atoms with Crippen LogP contribution in [0.2, 0.25) is 0 Å². The summed E-state index contributed by atoms with van der Waals surface area (Å²) >= 11 is 2.80. The number of hydrogen-bond acceptors (Lipinski definition) is 2.